The summed E-state index contributed by atoms with van der Waals surface area (Å²) < 4.78 is 5.26. The Balaban J connectivity index is 2.14. The number of amides is 2. The summed E-state index contributed by atoms with van der Waals surface area (Å²) in [5.74, 6) is -0.249. The molecule has 1 aromatic carbocycles. The zero-order valence-electron chi connectivity index (χ0n) is 15.8. The van der Waals surface area contributed by atoms with E-state index in [1.54, 1.807) is 18.2 Å². The minimum absolute atomic E-state index is 0.181. The Morgan fingerprint density at radius 1 is 1.22 bits per heavy atom. The van der Waals surface area contributed by atoms with Crippen LogP contribution in [0.25, 0.3) is 0 Å². The minimum Gasteiger partial charge on any atom is -0.495 e. The molecular weight excluding hydrogens is 368 g/mol. The topological polar surface area (TPSA) is 83.6 Å². The van der Waals surface area contributed by atoms with Crippen molar-refractivity contribution >= 4 is 29.1 Å². The second kappa shape index (κ2) is 9.34. The van der Waals surface area contributed by atoms with Crippen molar-refractivity contribution in [1.29, 1.82) is 0 Å². The van der Waals surface area contributed by atoms with Crippen LogP contribution in [0.5, 0.6) is 5.75 Å². The van der Waals surface area contributed by atoms with Crippen LogP contribution in [0.1, 0.15) is 26.4 Å². The van der Waals surface area contributed by atoms with Gasteiger partial charge in [0.05, 0.1) is 12.8 Å². The average molecular weight is 391 g/mol. The van der Waals surface area contributed by atoms with Gasteiger partial charge in [0.15, 0.2) is 0 Å². The molecule has 8 heteroatoms. The van der Waals surface area contributed by atoms with E-state index in [1.165, 1.54) is 19.4 Å². The van der Waals surface area contributed by atoms with Gasteiger partial charge >= 0.3 is 0 Å². The second-order valence-electron chi connectivity index (χ2n) is 6.24. The molecule has 0 saturated carbocycles. The molecule has 0 aliphatic carbocycles. The number of benzene rings is 1. The number of pyridine rings is 1. The maximum Gasteiger partial charge on any atom is 0.269 e. The highest BCUT2D eigenvalue weighted by atomic mass is 35.5. The maximum absolute atomic E-state index is 12.6. The Bertz CT molecular complexity index is 840. The molecule has 144 valence electrons. The number of nitrogens with one attached hydrogen (secondary N) is 2. The summed E-state index contributed by atoms with van der Waals surface area (Å²) in [5, 5.41) is 6.10. The number of halogens is 1. The standard InChI is InChI=1S/C19H23ClN4O3/c1-12-9-15(17(27-4)11-14(12)20)23-18(25)13-5-6-21-16(10-13)19(26)22-7-8-24(2)3/h5-6,9-11H,7-8H2,1-4H3,(H,22,26)(H,23,25). The first kappa shape index (κ1) is 20.7. The second-order valence-corrected chi connectivity index (χ2v) is 6.65. The van der Waals surface area contributed by atoms with Crippen molar-refractivity contribution in [3.8, 4) is 5.75 Å². The number of hydrogen-bond donors (Lipinski definition) is 2. The van der Waals surface area contributed by atoms with Crippen LogP contribution in [0.4, 0.5) is 5.69 Å². The molecule has 2 N–H and O–H groups in total. The number of methoxy groups -OCH3 is 1. The molecule has 2 amide bonds. The highest BCUT2D eigenvalue weighted by Gasteiger charge is 2.14. The number of hydrogen-bond acceptors (Lipinski definition) is 5. The van der Waals surface area contributed by atoms with E-state index >= 15 is 0 Å². The van der Waals surface area contributed by atoms with Crippen molar-refractivity contribution in [2.75, 3.05) is 39.6 Å². The van der Waals surface area contributed by atoms with Crippen LogP contribution in [-0.2, 0) is 0 Å². The third-order valence-electron chi connectivity index (χ3n) is 3.83. The van der Waals surface area contributed by atoms with Crippen LogP contribution in [0, 0.1) is 6.92 Å². The average Bonchev–Trinajstić information content (AvgIpc) is 2.64. The molecule has 1 aromatic heterocycles. The molecule has 0 bridgehead atoms. The number of rotatable bonds is 7. The first-order valence-corrected chi connectivity index (χ1v) is 8.74. The normalized spacial score (nSPS) is 10.6. The van der Waals surface area contributed by atoms with Crippen LogP contribution in [0.15, 0.2) is 30.5 Å². The third-order valence-corrected chi connectivity index (χ3v) is 4.24. The van der Waals surface area contributed by atoms with E-state index in [9.17, 15) is 9.59 Å². The van der Waals surface area contributed by atoms with E-state index in [4.69, 9.17) is 16.3 Å². The van der Waals surface area contributed by atoms with E-state index < -0.39 is 0 Å². The molecule has 7 nitrogen and oxygen atoms in total. The zero-order valence-corrected chi connectivity index (χ0v) is 16.6. The monoisotopic (exact) mass is 390 g/mol. The van der Waals surface area contributed by atoms with Crippen molar-refractivity contribution < 1.29 is 14.3 Å². The molecule has 0 unspecified atom stereocenters. The van der Waals surface area contributed by atoms with Gasteiger partial charge in [0.25, 0.3) is 11.8 Å². The summed E-state index contributed by atoms with van der Waals surface area (Å²) in [7, 11) is 5.34. The van der Waals surface area contributed by atoms with E-state index in [0.717, 1.165) is 5.56 Å². The number of likely N-dealkylation sites (N-methyl/N-ethyl adjacent to an activating group) is 1. The Labute approximate surface area is 163 Å². The largest absolute Gasteiger partial charge is 0.495 e. The predicted octanol–water partition coefficient (Wildman–Crippen LogP) is 2.60. The highest BCUT2D eigenvalue weighted by Crippen LogP contribution is 2.31. The Morgan fingerprint density at radius 3 is 2.63 bits per heavy atom. The van der Waals surface area contributed by atoms with Gasteiger partial charge in [-0.3, -0.25) is 14.6 Å². The molecule has 0 spiro atoms. The van der Waals surface area contributed by atoms with E-state index in [0.29, 0.717) is 35.1 Å². The van der Waals surface area contributed by atoms with E-state index in [-0.39, 0.29) is 17.5 Å². The van der Waals surface area contributed by atoms with Crippen LogP contribution in [0.3, 0.4) is 0 Å². The molecule has 27 heavy (non-hydrogen) atoms. The Kier molecular flexibility index (Phi) is 7.15. The summed E-state index contributed by atoms with van der Waals surface area (Å²) in [6, 6.07) is 6.37. The van der Waals surface area contributed by atoms with Gasteiger partial charge in [-0.15, -0.1) is 0 Å². The lowest BCUT2D eigenvalue weighted by Crippen LogP contribution is -2.32. The molecule has 0 radical (unpaired) electrons. The summed E-state index contributed by atoms with van der Waals surface area (Å²) in [6.45, 7) is 3.03. The van der Waals surface area contributed by atoms with Gasteiger partial charge < -0.3 is 20.3 Å². The Morgan fingerprint density at radius 2 is 1.96 bits per heavy atom. The molecule has 0 atom stereocenters. The van der Waals surface area contributed by atoms with Crippen molar-refractivity contribution in [3.05, 3.63) is 52.3 Å². The maximum atomic E-state index is 12.6. The number of anilines is 1. The number of nitrogens with zero attached hydrogens (tertiary/aromatic N) is 2. The lowest BCUT2D eigenvalue weighted by molar-refractivity contribution is 0.0946. The van der Waals surface area contributed by atoms with Gasteiger partial charge in [-0.2, -0.15) is 0 Å². The smallest absolute Gasteiger partial charge is 0.269 e. The number of carbonyl (C=O) groups is 2. The fourth-order valence-corrected chi connectivity index (χ4v) is 2.46. The number of ether oxygens (including phenoxy) is 1. The fourth-order valence-electron chi connectivity index (χ4n) is 2.30. The summed E-state index contributed by atoms with van der Waals surface area (Å²) in [6.07, 6.45) is 1.43. The molecule has 0 aliphatic heterocycles. The van der Waals surface area contributed by atoms with Gasteiger partial charge in [0, 0.05) is 35.9 Å². The van der Waals surface area contributed by atoms with Crippen molar-refractivity contribution in [1.82, 2.24) is 15.2 Å². The molecule has 1 heterocycles. The van der Waals surface area contributed by atoms with Crippen molar-refractivity contribution in [3.63, 3.8) is 0 Å². The summed E-state index contributed by atoms with van der Waals surface area (Å²) in [5.41, 5.74) is 1.81. The third kappa shape index (κ3) is 5.67. The van der Waals surface area contributed by atoms with Gasteiger partial charge in [-0.25, -0.2) is 0 Å². The SMILES string of the molecule is COc1cc(Cl)c(C)cc1NC(=O)c1ccnc(C(=O)NCCN(C)C)c1. The zero-order chi connectivity index (χ0) is 20.0. The Hall–Kier alpha value is -2.64. The molecule has 0 saturated heterocycles. The number of aryl methyl sites for hydroxylation is 1. The van der Waals surface area contributed by atoms with Crippen LogP contribution in [0.2, 0.25) is 5.02 Å². The molecule has 2 aromatic rings. The quantitative estimate of drug-likeness (QED) is 0.759. The van der Waals surface area contributed by atoms with Crippen LogP contribution < -0.4 is 15.4 Å². The lowest BCUT2D eigenvalue weighted by Gasteiger charge is -2.13. The first-order valence-electron chi connectivity index (χ1n) is 8.36. The van der Waals surface area contributed by atoms with E-state index in [2.05, 4.69) is 15.6 Å². The van der Waals surface area contributed by atoms with Gasteiger partial charge in [-0.05, 0) is 44.8 Å². The van der Waals surface area contributed by atoms with Crippen LogP contribution >= 0.6 is 11.6 Å². The summed E-state index contributed by atoms with van der Waals surface area (Å²) in [4.78, 5) is 30.8. The number of aromatic nitrogens is 1. The van der Waals surface area contributed by atoms with Gasteiger partial charge in [-0.1, -0.05) is 11.6 Å². The fraction of sp³-hybridized carbons (Fsp3) is 0.316. The number of carbonyl (C=O) groups excluding carboxylic acids is 2. The van der Waals surface area contributed by atoms with Gasteiger partial charge in [0.2, 0.25) is 0 Å². The predicted molar refractivity (Wildman–Crippen MR) is 106 cm³/mol. The van der Waals surface area contributed by atoms with Crippen LogP contribution in [-0.4, -0.2) is 56.0 Å². The van der Waals surface area contributed by atoms with Crippen molar-refractivity contribution in [2.45, 2.75) is 6.92 Å². The van der Waals surface area contributed by atoms with Gasteiger partial charge in [0.1, 0.15) is 11.4 Å². The van der Waals surface area contributed by atoms with Crippen molar-refractivity contribution in [2.24, 2.45) is 0 Å². The lowest BCUT2D eigenvalue weighted by atomic mass is 10.1. The molecular formula is C19H23ClN4O3. The molecule has 0 aliphatic rings. The minimum atomic E-state index is -0.375. The van der Waals surface area contributed by atoms with E-state index in [1.807, 2.05) is 25.9 Å². The first-order chi connectivity index (χ1) is 12.8. The highest BCUT2D eigenvalue weighted by molar-refractivity contribution is 6.31. The summed E-state index contributed by atoms with van der Waals surface area (Å²) >= 11 is 6.09. The molecule has 2 rings (SSSR count). The molecule has 0 fully saturated rings.